The molecule has 1 saturated carbocycles. The average molecular weight is 347 g/mol. The lowest BCUT2D eigenvalue weighted by Crippen LogP contribution is -2.53. The van der Waals surface area contributed by atoms with Gasteiger partial charge >= 0.3 is 0 Å². The van der Waals surface area contributed by atoms with E-state index in [9.17, 15) is 18.5 Å². The number of anilines is 1. The number of carbonyl (C=O) groups is 1. The van der Waals surface area contributed by atoms with E-state index in [1.165, 1.54) is 15.5 Å². The number of amides is 1. The van der Waals surface area contributed by atoms with Crippen molar-refractivity contribution in [1.29, 1.82) is 5.26 Å². The maximum Gasteiger partial charge on any atom is 0.254 e. The predicted molar refractivity (Wildman–Crippen MR) is 91.2 cm³/mol. The van der Waals surface area contributed by atoms with Gasteiger partial charge in [0.1, 0.15) is 5.54 Å². The topological polar surface area (TPSA) is 81.5 Å². The van der Waals surface area contributed by atoms with Crippen molar-refractivity contribution in [1.82, 2.24) is 4.90 Å². The van der Waals surface area contributed by atoms with Crippen molar-refractivity contribution in [3.63, 3.8) is 0 Å². The molecule has 1 heterocycles. The van der Waals surface area contributed by atoms with Gasteiger partial charge in [-0.25, -0.2) is 8.42 Å². The van der Waals surface area contributed by atoms with Crippen LogP contribution in [-0.2, 0) is 16.4 Å². The number of nitrogens with zero attached hydrogens (tertiary/aromatic N) is 3. The number of benzene rings is 1. The lowest BCUT2D eigenvalue weighted by atomic mass is 9.76. The second-order valence-electron chi connectivity index (χ2n) is 6.82. The normalized spacial score (nSPS) is 21.6. The number of sulfonamides is 1. The highest BCUT2D eigenvalue weighted by atomic mass is 32.2. The number of hydrogen-bond acceptors (Lipinski definition) is 4. The Morgan fingerprint density at radius 3 is 2.58 bits per heavy atom. The van der Waals surface area contributed by atoms with Gasteiger partial charge in [-0.15, -0.1) is 0 Å². The van der Waals surface area contributed by atoms with Crippen LogP contribution in [0.4, 0.5) is 5.69 Å². The lowest BCUT2D eigenvalue weighted by Gasteiger charge is -2.43. The molecule has 0 saturated heterocycles. The maximum absolute atomic E-state index is 12.7. The molecule has 7 heteroatoms. The van der Waals surface area contributed by atoms with Crippen molar-refractivity contribution in [2.24, 2.45) is 0 Å². The Kier molecular flexibility index (Phi) is 3.83. The minimum Gasteiger partial charge on any atom is -0.323 e. The number of carbonyl (C=O) groups excluding carboxylic acids is 1. The van der Waals surface area contributed by atoms with E-state index in [1.807, 2.05) is 6.92 Å². The maximum atomic E-state index is 12.7. The number of nitriles is 1. The third-order valence-corrected chi connectivity index (χ3v) is 6.44. The van der Waals surface area contributed by atoms with Gasteiger partial charge in [-0.3, -0.25) is 9.10 Å². The molecule has 2 aliphatic rings. The van der Waals surface area contributed by atoms with Crippen molar-refractivity contribution >= 4 is 21.6 Å². The molecule has 1 unspecified atom stereocenters. The third kappa shape index (κ3) is 2.46. The Balaban J connectivity index is 1.92. The zero-order valence-electron chi connectivity index (χ0n) is 14.1. The molecule has 128 valence electrons. The monoisotopic (exact) mass is 347 g/mol. The van der Waals surface area contributed by atoms with E-state index >= 15 is 0 Å². The summed E-state index contributed by atoms with van der Waals surface area (Å²) >= 11 is 0. The highest BCUT2D eigenvalue weighted by Gasteiger charge is 2.44. The van der Waals surface area contributed by atoms with Crippen LogP contribution < -0.4 is 4.31 Å². The summed E-state index contributed by atoms with van der Waals surface area (Å²) < 4.78 is 25.3. The molecule has 0 radical (unpaired) electrons. The summed E-state index contributed by atoms with van der Waals surface area (Å²) in [6.07, 6.45) is 4.14. The van der Waals surface area contributed by atoms with Crippen LogP contribution in [0.5, 0.6) is 0 Å². The number of rotatable bonds is 3. The summed E-state index contributed by atoms with van der Waals surface area (Å²) in [5, 5.41) is 9.40. The molecule has 1 aromatic carbocycles. The van der Waals surface area contributed by atoms with Crippen LogP contribution in [-0.4, -0.2) is 44.1 Å². The fourth-order valence-electron chi connectivity index (χ4n) is 3.66. The van der Waals surface area contributed by atoms with Crippen LogP contribution in [0.1, 0.15) is 42.1 Å². The first kappa shape index (κ1) is 16.8. The van der Waals surface area contributed by atoms with Gasteiger partial charge in [0.05, 0.1) is 18.0 Å². The Morgan fingerprint density at radius 2 is 2.08 bits per heavy atom. The Bertz CT molecular complexity index is 837. The summed E-state index contributed by atoms with van der Waals surface area (Å²) in [5.74, 6) is -0.190. The fraction of sp³-hybridized carbons (Fsp3) is 0.529. The smallest absolute Gasteiger partial charge is 0.254 e. The van der Waals surface area contributed by atoms with E-state index in [0.29, 0.717) is 30.5 Å². The molecule has 0 spiro atoms. The Hall–Kier alpha value is -2.07. The molecule has 3 rings (SSSR count). The largest absolute Gasteiger partial charge is 0.323 e. The molecule has 1 aliphatic carbocycles. The second-order valence-corrected chi connectivity index (χ2v) is 8.68. The van der Waals surface area contributed by atoms with Crippen molar-refractivity contribution in [2.45, 2.75) is 44.2 Å². The standard InChI is InChI=1S/C17H21N3O3S/c1-12-9-14-10-13(5-6-15(14)20(12)24(3,22)23)16(21)19(2)17(11-18)7-4-8-17/h5-6,10,12H,4,7-9H2,1-3H3. The third-order valence-electron chi connectivity index (χ3n) is 5.17. The first-order valence-corrected chi connectivity index (χ1v) is 9.86. The number of hydrogen-bond donors (Lipinski definition) is 0. The van der Waals surface area contributed by atoms with Gasteiger partial charge in [-0.1, -0.05) is 0 Å². The molecule has 1 fully saturated rings. The molecule has 6 nitrogen and oxygen atoms in total. The molecular formula is C17H21N3O3S. The van der Waals surface area contributed by atoms with Crippen LogP contribution in [0, 0.1) is 11.3 Å². The van der Waals surface area contributed by atoms with E-state index in [4.69, 9.17) is 0 Å². The summed E-state index contributed by atoms with van der Waals surface area (Å²) in [5.41, 5.74) is 1.30. The molecule has 0 N–H and O–H groups in total. The molecular weight excluding hydrogens is 326 g/mol. The van der Waals surface area contributed by atoms with Gasteiger partial charge in [-0.05, 0) is 56.4 Å². The highest BCUT2D eigenvalue weighted by molar-refractivity contribution is 7.92. The summed E-state index contributed by atoms with van der Waals surface area (Å²) in [6.45, 7) is 1.85. The number of fused-ring (bicyclic) bond motifs is 1. The summed E-state index contributed by atoms with van der Waals surface area (Å²) in [6, 6.07) is 7.22. The van der Waals surface area contributed by atoms with E-state index in [0.717, 1.165) is 12.0 Å². The molecule has 1 amide bonds. The molecule has 0 bridgehead atoms. The van der Waals surface area contributed by atoms with Crippen LogP contribution in [0.2, 0.25) is 0 Å². The highest BCUT2D eigenvalue weighted by Crippen LogP contribution is 2.38. The van der Waals surface area contributed by atoms with E-state index in [2.05, 4.69) is 6.07 Å². The zero-order valence-corrected chi connectivity index (χ0v) is 14.9. The minimum atomic E-state index is -3.34. The molecule has 1 aromatic rings. The second kappa shape index (κ2) is 5.49. The summed E-state index contributed by atoms with van der Waals surface area (Å²) in [4.78, 5) is 14.3. The van der Waals surface area contributed by atoms with Crippen LogP contribution >= 0.6 is 0 Å². The molecule has 1 aliphatic heterocycles. The Morgan fingerprint density at radius 1 is 1.42 bits per heavy atom. The van der Waals surface area contributed by atoms with Crippen molar-refractivity contribution in [3.8, 4) is 6.07 Å². The predicted octanol–water partition coefficient (Wildman–Crippen LogP) is 1.92. The molecule has 1 atom stereocenters. The molecule has 24 heavy (non-hydrogen) atoms. The van der Waals surface area contributed by atoms with Crippen molar-refractivity contribution in [2.75, 3.05) is 17.6 Å². The van der Waals surface area contributed by atoms with Gasteiger partial charge in [0, 0.05) is 18.7 Å². The molecule has 0 aromatic heterocycles. The minimum absolute atomic E-state index is 0.157. The SMILES string of the molecule is CC1Cc2cc(C(=O)N(C)C3(C#N)CCC3)ccc2N1S(C)(=O)=O. The van der Waals surface area contributed by atoms with Gasteiger partial charge in [-0.2, -0.15) is 5.26 Å². The first-order valence-electron chi connectivity index (χ1n) is 8.01. The van der Waals surface area contributed by atoms with E-state index in [-0.39, 0.29) is 11.9 Å². The Labute approximate surface area is 142 Å². The van der Waals surface area contributed by atoms with Crippen LogP contribution in [0.25, 0.3) is 0 Å². The van der Waals surface area contributed by atoms with Gasteiger partial charge < -0.3 is 4.90 Å². The summed E-state index contributed by atoms with van der Waals surface area (Å²) in [7, 11) is -1.67. The zero-order chi connectivity index (χ0) is 17.7. The van der Waals surface area contributed by atoms with E-state index < -0.39 is 15.6 Å². The van der Waals surface area contributed by atoms with Crippen molar-refractivity contribution < 1.29 is 13.2 Å². The van der Waals surface area contributed by atoms with Crippen LogP contribution in [0.15, 0.2) is 18.2 Å². The van der Waals surface area contributed by atoms with Gasteiger partial charge in [0.25, 0.3) is 5.91 Å². The lowest BCUT2D eigenvalue weighted by molar-refractivity contribution is 0.0497. The fourth-order valence-corrected chi connectivity index (χ4v) is 4.93. The van der Waals surface area contributed by atoms with Crippen LogP contribution in [0.3, 0.4) is 0 Å². The van der Waals surface area contributed by atoms with Crippen molar-refractivity contribution in [3.05, 3.63) is 29.3 Å². The van der Waals surface area contributed by atoms with E-state index in [1.54, 1.807) is 25.2 Å². The first-order chi connectivity index (χ1) is 11.2. The van der Waals surface area contributed by atoms with Gasteiger partial charge in [0.2, 0.25) is 10.0 Å². The van der Waals surface area contributed by atoms with Gasteiger partial charge in [0.15, 0.2) is 0 Å². The quantitative estimate of drug-likeness (QED) is 0.836. The average Bonchev–Trinajstić information content (AvgIpc) is 2.80.